The van der Waals surface area contributed by atoms with Crippen LogP contribution in [0.15, 0.2) is 4.42 Å². The van der Waals surface area contributed by atoms with Gasteiger partial charge in [0.15, 0.2) is 0 Å². The second-order valence-corrected chi connectivity index (χ2v) is 7.89. The van der Waals surface area contributed by atoms with Crippen LogP contribution in [0.1, 0.15) is 44.1 Å². The standard InChI is InChI=1S/C14H23N3O5S/c1-2-13-15-16-14(22-13)12-9-17(6-8-21-12)23(18,19)10-11-5-3-4-7-20-11/h11-12H,2-10H2,1H3/t11-,12-/m1/s1. The van der Waals surface area contributed by atoms with E-state index in [0.29, 0.717) is 38.0 Å². The minimum absolute atomic E-state index is 0.0315. The van der Waals surface area contributed by atoms with Crippen LogP contribution in [-0.4, -0.2) is 61.1 Å². The molecule has 0 aliphatic carbocycles. The highest BCUT2D eigenvalue weighted by atomic mass is 32.2. The number of nitrogens with zero attached hydrogens (tertiary/aromatic N) is 3. The molecule has 0 saturated carbocycles. The van der Waals surface area contributed by atoms with E-state index < -0.39 is 16.1 Å². The first kappa shape index (κ1) is 16.8. The van der Waals surface area contributed by atoms with Crippen LogP contribution in [0, 0.1) is 0 Å². The number of sulfonamides is 1. The van der Waals surface area contributed by atoms with E-state index in [-0.39, 0.29) is 18.4 Å². The molecule has 2 aliphatic heterocycles. The Morgan fingerprint density at radius 1 is 1.22 bits per heavy atom. The highest BCUT2D eigenvalue weighted by Gasteiger charge is 2.34. The molecular weight excluding hydrogens is 322 g/mol. The molecule has 2 fully saturated rings. The van der Waals surface area contributed by atoms with Crippen LogP contribution in [-0.2, 0) is 25.9 Å². The SMILES string of the molecule is CCc1nnc([C@H]2CN(S(=O)(=O)C[C@H]3CCCCO3)CCO2)o1. The maximum Gasteiger partial charge on any atom is 0.246 e. The van der Waals surface area contributed by atoms with E-state index in [1.165, 1.54) is 4.31 Å². The van der Waals surface area contributed by atoms with Crippen LogP contribution in [0.2, 0.25) is 0 Å². The van der Waals surface area contributed by atoms with Crippen molar-refractivity contribution in [2.45, 2.75) is 44.8 Å². The second kappa shape index (κ2) is 7.25. The summed E-state index contributed by atoms with van der Waals surface area (Å²) < 4.78 is 43.3. The summed E-state index contributed by atoms with van der Waals surface area (Å²) in [7, 11) is -3.38. The molecule has 9 heteroatoms. The lowest BCUT2D eigenvalue weighted by Crippen LogP contribution is -2.45. The minimum atomic E-state index is -3.38. The molecule has 23 heavy (non-hydrogen) atoms. The van der Waals surface area contributed by atoms with Crippen LogP contribution >= 0.6 is 0 Å². The van der Waals surface area contributed by atoms with Gasteiger partial charge in [0.2, 0.25) is 21.8 Å². The quantitative estimate of drug-likeness (QED) is 0.782. The smallest absolute Gasteiger partial charge is 0.246 e. The molecule has 0 unspecified atom stereocenters. The Balaban J connectivity index is 1.64. The van der Waals surface area contributed by atoms with Crippen LogP contribution in [0.5, 0.6) is 0 Å². The monoisotopic (exact) mass is 345 g/mol. The first-order valence-electron chi connectivity index (χ1n) is 8.12. The molecule has 2 saturated heterocycles. The normalized spacial score (nSPS) is 27.2. The number of morpholine rings is 1. The Kier molecular flexibility index (Phi) is 5.30. The zero-order valence-electron chi connectivity index (χ0n) is 13.3. The third-order valence-electron chi connectivity index (χ3n) is 4.15. The Labute approximate surface area is 136 Å². The maximum atomic E-state index is 12.6. The molecule has 0 bridgehead atoms. The highest BCUT2D eigenvalue weighted by molar-refractivity contribution is 7.89. The molecule has 2 aliphatic rings. The number of rotatable bonds is 5. The lowest BCUT2D eigenvalue weighted by Gasteiger charge is -2.32. The van der Waals surface area contributed by atoms with Gasteiger partial charge in [-0.2, -0.15) is 4.31 Å². The fraction of sp³-hybridized carbons (Fsp3) is 0.857. The molecule has 0 amide bonds. The first-order valence-corrected chi connectivity index (χ1v) is 9.72. The molecule has 3 heterocycles. The van der Waals surface area contributed by atoms with Crippen molar-refractivity contribution < 1.29 is 22.3 Å². The van der Waals surface area contributed by atoms with Crippen molar-refractivity contribution in [3.05, 3.63) is 11.8 Å². The van der Waals surface area contributed by atoms with E-state index in [9.17, 15) is 8.42 Å². The van der Waals surface area contributed by atoms with Gasteiger partial charge in [-0.25, -0.2) is 8.42 Å². The molecule has 3 rings (SSSR count). The van der Waals surface area contributed by atoms with Gasteiger partial charge in [0.25, 0.3) is 0 Å². The van der Waals surface area contributed by atoms with Crippen LogP contribution in [0.25, 0.3) is 0 Å². The van der Waals surface area contributed by atoms with Crippen molar-refractivity contribution >= 4 is 10.0 Å². The molecule has 0 spiro atoms. The first-order chi connectivity index (χ1) is 11.1. The third kappa shape index (κ3) is 4.09. The Morgan fingerprint density at radius 3 is 2.78 bits per heavy atom. The van der Waals surface area contributed by atoms with Gasteiger partial charge in [0, 0.05) is 26.1 Å². The summed E-state index contributed by atoms with van der Waals surface area (Å²) in [4.78, 5) is 0. The summed E-state index contributed by atoms with van der Waals surface area (Å²) in [5.74, 6) is 0.902. The van der Waals surface area contributed by atoms with Crippen LogP contribution < -0.4 is 0 Å². The van der Waals surface area contributed by atoms with Gasteiger partial charge < -0.3 is 13.9 Å². The second-order valence-electron chi connectivity index (χ2n) is 5.87. The van der Waals surface area contributed by atoms with Crippen LogP contribution in [0.4, 0.5) is 0 Å². The summed E-state index contributed by atoms with van der Waals surface area (Å²) >= 11 is 0. The van der Waals surface area contributed by atoms with Gasteiger partial charge in [-0.1, -0.05) is 6.92 Å². The predicted octanol–water partition coefficient (Wildman–Crippen LogP) is 0.904. The fourth-order valence-electron chi connectivity index (χ4n) is 2.85. The lowest BCUT2D eigenvalue weighted by atomic mass is 10.1. The molecule has 130 valence electrons. The number of hydrogen-bond donors (Lipinski definition) is 0. The zero-order chi connectivity index (χ0) is 16.3. The third-order valence-corrected chi connectivity index (χ3v) is 6.06. The number of ether oxygens (including phenoxy) is 2. The van der Waals surface area contributed by atoms with E-state index in [4.69, 9.17) is 13.9 Å². The number of hydrogen-bond acceptors (Lipinski definition) is 7. The molecule has 0 radical (unpaired) electrons. The average molecular weight is 345 g/mol. The summed E-state index contributed by atoms with van der Waals surface area (Å²) in [5.41, 5.74) is 0. The molecule has 0 aromatic carbocycles. The molecule has 2 atom stereocenters. The van der Waals surface area contributed by atoms with E-state index in [2.05, 4.69) is 10.2 Å². The fourth-order valence-corrected chi connectivity index (χ4v) is 4.51. The van der Waals surface area contributed by atoms with Gasteiger partial charge in [-0.15, -0.1) is 10.2 Å². The highest BCUT2D eigenvalue weighted by Crippen LogP contribution is 2.24. The summed E-state index contributed by atoms with van der Waals surface area (Å²) in [6.45, 7) is 3.44. The van der Waals surface area contributed by atoms with Gasteiger partial charge in [-0.3, -0.25) is 0 Å². The topological polar surface area (TPSA) is 94.8 Å². The summed E-state index contributed by atoms with van der Waals surface area (Å²) in [6, 6.07) is 0. The molecule has 8 nitrogen and oxygen atoms in total. The van der Waals surface area contributed by atoms with Gasteiger partial charge in [0.1, 0.15) is 6.10 Å². The van der Waals surface area contributed by atoms with Gasteiger partial charge in [0.05, 0.1) is 18.5 Å². The summed E-state index contributed by atoms with van der Waals surface area (Å²) in [5, 5.41) is 7.86. The molecule has 1 aromatic heterocycles. The zero-order valence-corrected chi connectivity index (χ0v) is 14.1. The number of aromatic nitrogens is 2. The van der Waals surface area contributed by atoms with Crippen molar-refractivity contribution in [1.82, 2.24) is 14.5 Å². The van der Waals surface area contributed by atoms with Crippen molar-refractivity contribution in [2.24, 2.45) is 0 Å². The van der Waals surface area contributed by atoms with Crippen molar-refractivity contribution in [3.63, 3.8) is 0 Å². The van der Waals surface area contributed by atoms with Crippen LogP contribution in [0.3, 0.4) is 0 Å². The van der Waals surface area contributed by atoms with E-state index in [1.54, 1.807) is 0 Å². The molecular formula is C14H23N3O5S. The van der Waals surface area contributed by atoms with Crippen molar-refractivity contribution in [3.8, 4) is 0 Å². The van der Waals surface area contributed by atoms with E-state index in [0.717, 1.165) is 19.3 Å². The Hall–Kier alpha value is -1.03. The van der Waals surface area contributed by atoms with Crippen molar-refractivity contribution in [1.29, 1.82) is 0 Å². The van der Waals surface area contributed by atoms with Gasteiger partial charge in [-0.05, 0) is 19.3 Å². The lowest BCUT2D eigenvalue weighted by molar-refractivity contribution is -0.0188. The number of aryl methyl sites for hydroxylation is 1. The average Bonchev–Trinajstić information content (AvgIpc) is 3.05. The van der Waals surface area contributed by atoms with Gasteiger partial charge >= 0.3 is 0 Å². The predicted molar refractivity (Wildman–Crippen MR) is 81.3 cm³/mol. The summed E-state index contributed by atoms with van der Waals surface area (Å²) in [6.07, 6.45) is 2.77. The molecule has 1 aromatic rings. The minimum Gasteiger partial charge on any atom is -0.422 e. The Bertz CT molecular complexity index is 612. The van der Waals surface area contributed by atoms with E-state index >= 15 is 0 Å². The largest absolute Gasteiger partial charge is 0.422 e. The maximum absolute atomic E-state index is 12.6. The molecule has 0 N–H and O–H groups in total. The van der Waals surface area contributed by atoms with Crippen molar-refractivity contribution in [2.75, 3.05) is 32.1 Å². The Morgan fingerprint density at radius 2 is 2.09 bits per heavy atom. The van der Waals surface area contributed by atoms with E-state index in [1.807, 2.05) is 6.92 Å².